The summed E-state index contributed by atoms with van der Waals surface area (Å²) < 4.78 is 2.03. The molecule has 9 heteroatoms. The molecule has 2 aliphatic heterocycles. The number of piperidine rings is 2. The van der Waals surface area contributed by atoms with Crippen molar-refractivity contribution >= 4 is 45.0 Å². The number of benzene rings is 3. The summed E-state index contributed by atoms with van der Waals surface area (Å²) in [6.45, 7) is 2.23. The molecule has 2 saturated heterocycles. The van der Waals surface area contributed by atoms with Crippen molar-refractivity contribution in [1.29, 1.82) is 0 Å². The van der Waals surface area contributed by atoms with Gasteiger partial charge in [-0.2, -0.15) is 0 Å². The normalized spacial score (nSPS) is 18.5. The molecule has 2 N–H and O–H groups in total. The van der Waals surface area contributed by atoms with Gasteiger partial charge in [-0.1, -0.05) is 36.4 Å². The molecular formula is C40H39N7O2. The topological polar surface area (TPSA) is 101 Å². The molecule has 246 valence electrons. The highest BCUT2D eigenvalue weighted by atomic mass is 16.2. The third-order valence-electron chi connectivity index (χ3n) is 10.3. The van der Waals surface area contributed by atoms with Gasteiger partial charge in [-0.3, -0.25) is 19.6 Å². The van der Waals surface area contributed by atoms with Gasteiger partial charge in [-0.05, 0) is 86.3 Å². The first-order valence-corrected chi connectivity index (χ1v) is 17.1. The third-order valence-corrected chi connectivity index (χ3v) is 10.3. The summed E-state index contributed by atoms with van der Waals surface area (Å²) in [6, 6.07) is 31.4. The number of carbonyl (C=O) groups is 2. The molecule has 3 aromatic carbocycles. The molecule has 0 bridgehead atoms. The van der Waals surface area contributed by atoms with Crippen molar-refractivity contribution < 1.29 is 9.59 Å². The molecule has 9 nitrogen and oxygen atoms in total. The molecule has 2 unspecified atom stereocenters. The van der Waals surface area contributed by atoms with Crippen LogP contribution in [-0.2, 0) is 4.79 Å². The van der Waals surface area contributed by atoms with Gasteiger partial charge < -0.3 is 25.0 Å². The van der Waals surface area contributed by atoms with Gasteiger partial charge in [0.25, 0.3) is 5.91 Å². The van der Waals surface area contributed by atoms with Crippen molar-refractivity contribution in [2.24, 2.45) is 5.73 Å². The molecule has 49 heavy (non-hydrogen) atoms. The lowest BCUT2D eigenvalue weighted by molar-refractivity contribution is -0.120. The summed E-state index contributed by atoms with van der Waals surface area (Å²) in [5.41, 5.74) is 11.8. The minimum atomic E-state index is -0.556. The number of nitrogens with zero attached hydrogens (tertiary/aromatic N) is 6. The molecule has 5 heterocycles. The summed E-state index contributed by atoms with van der Waals surface area (Å²) in [7, 11) is 0. The van der Waals surface area contributed by atoms with E-state index in [2.05, 4.69) is 42.9 Å². The first-order valence-electron chi connectivity index (χ1n) is 17.1. The number of rotatable bonds is 7. The van der Waals surface area contributed by atoms with Gasteiger partial charge in [0.2, 0.25) is 5.91 Å². The molecule has 0 saturated carbocycles. The Hall–Kier alpha value is -5.70. The smallest absolute Gasteiger partial charge is 0.254 e. The van der Waals surface area contributed by atoms with Crippen LogP contribution in [0.2, 0.25) is 0 Å². The molecule has 2 atom stereocenters. The number of hydrogen-bond acceptors (Lipinski definition) is 6. The van der Waals surface area contributed by atoms with Crippen LogP contribution in [0.3, 0.4) is 0 Å². The fourth-order valence-electron chi connectivity index (χ4n) is 7.89. The average Bonchev–Trinajstić information content (AvgIpc) is 3.70. The first-order chi connectivity index (χ1) is 24.0. The monoisotopic (exact) mass is 649 g/mol. The number of para-hydroxylation sites is 2. The number of nitrogens with two attached hydrogens (primary N) is 1. The van der Waals surface area contributed by atoms with Gasteiger partial charge in [0.05, 0.1) is 11.0 Å². The minimum Gasteiger partial charge on any atom is -0.371 e. The van der Waals surface area contributed by atoms with E-state index in [0.717, 1.165) is 65.5 Å². The maximum absolute atomic E-state index is 14.6. The molecule has 6 aromatic rings. The summed E-state index contributed by atoms with van der Waals surface area (Å²) in [5.74, 6) is -0.378. The van der Waals surface area contributed by atoms with Crippen LogP contribution in [0.1, 0.15) is 36.0 Å². The first kappa shape index (κ1) is 30.6. The van der Waals surface area contributed by atoms with Crippen molar-refractivity contribution in [1.82, 2.24) is 19.4 Å². The van der Waals surface area contributed by atoms with Gasteiger partial charge in [-0.25, -0.2) is 0 Å². The van der Waals surface area contributed by atoms with E-state index in [1.165, 1.54) is 5.69 Å². The number of pyridine rings is 2. The van der Waals surface area contributed by atoms with Crippen molar-refractivity contribution in [3.05, 3.63) is 127 Å². The second kappa shape index (κ2) is 13.1. The number of carbonyl (C=O) groups excluding carboxylic acids is 2. The quantitative estimate of drug-likeness (QED) is 0.221. The fourth-order valence-corrected chi connectivity index (χ4v) is 7.89. The zero-order valence-electron chi connectivity index (χ0n) is 27.3. The van der Waals surface area contributed by atoms with Gasteiger partial charge in [-0.15, -0.1) is 0 Å². The van der Waals surface area contributed by atoms with E-state index in [4.69, 9.17) is 5.73 Å². The molecule has 2 aliphatic rings. The molecule has 0 spiro atoms. The number of hydrogen-bond donors (Lipinski definition) is 1. The van der Waals surface area contributed by atoms with Crippen molar-refractivity contribution in [3.63, 3.8) is 0 Å². The Kier molecular flexibility index (Phi) is 8.17. The average molecular weight is 650 g/mol. The van der Waals surface area contributed by atoms with E-state index in [9.17, 15) is 9.59 Å². The van der Waals surface area contributed by atoms with Crippen LogP contribution in [0.15, 0.2) is 122 Å². The van der Waals surface area contributed by atoms with E-state index in [1.807, 2.05) is 102 Å². The molecule has 0 radical (unpaired) electrons. The molecule has 2 fully saturated rings. The number of aromatic nitrogens is 3. The summed E-state index contributed by atoms with van der Waals surface area (Å²) >= 11 is 0. The van der Waals surface area contributed by atoms with E-state index >= 15 is 0 Å². The standard InChI is InChI=1S/C40H39N7O2/c41-39(48)38-27-31(19-26-46(38)37-16-21-43-35-10-4-2-8-33(35)37)47(40(49)28-11-13-29(14-12-28)44-22-5-6-23-44)30-17-24-45(25-18-30)36-15-20-42-34-9-3-1-7-32(34)36/h1-16,20-23,30-31,38H,17-19,24-27H2,(H2,41,48). The van der Waals surface area contributed by atoms with E-state index in [0.29, 0.717) is 18.5 Å². The molecular weight excluding hydrogens is 610 g/mol. The maximum atomic E-state index is 14.6. The zero-order valence-corrected chi connectivity index (χ0v) is 27.3. The minimum absolute atomic E-state index is 0.00268. The summed E-state index contributed by atoms with van der Waals surface area (Å²) in [5, 5.41) is 2.13. The number of amides is 2. The number of primary amides is 1. The van der Waals surface area contributed by atoms with Crippen molar-refractivity contribution in [3.8, 4) is 5.69 Å². The predicted octanol–water partition coefficient (Wildman–Crippen LogP) is 6.21. The molecule has 0 aliphatic carbocycles. The van der Waals surface area contributed by atoms with Crippen LogP contribution in [0.4, 0.5) is 11.4 Å². The summed E-state index contributed by atoms with van der Waals surface area (Å²) in [6.07, 6.45) is 10.5. The second-order valence-electron chi connectivity index (χ2n) is 13.1. The Morgan fingerprint density at radius 2 is 1.27 bits per heavy atom. The Balaban J connectivity index is 1.09. The molecule has 3 aromatic heterocycles. The van der Waals surface area contributed by atoms with Gasteiger partial charge >= 0.3 is 0 Å². The number of anilines is 2. The van der Waals surface area contributed by atoms with Gasteiger partial charge in [0, 0.05) is 89.9 Å². The van der Waals surface area contributed by atoms with E-state index in [1.54, 1.807) is 6.20 Å². The van der Waals surface area contributed by atoms with Gasteiger partial charge in [0.15, 0.2) is 0 Å². The number of fused-ring (bicyclic) bond motifs is 2. The van der Waals surface area contributed by atoms with Crippen molar-refractivity contribution in [2.45, 2.75) is 43.8 Å². The van der Waals surface area contributed by atoms with Crippen LogP contribution in [0.5, 0.6) is 0 Å². The summed E-state index contributed by atoms with van der Waals surface area (Å²) in [4.78, 5) is 43.5. The van der Waals surface area contributed by atoms with Gasteiger partial charge in [0.1, 0.15) is 6.04 Å². The fraction of sp³-hybridized carbons (Fsp3) is 0.250. The SMILES string of the molecule is NC(=O)C1CC(N(C(=O)c2ccc(-n3cccc3)cc2)C2CCN(c3ccnc4ccccc34)CC2)CCN1c1ccnc2ccccc12. The molecule has 2 amide bonds. The Morgan fingerprint density at radius 1 is 0.673 bits per heavy atom. The zero-order chi connectivity index (χ0) is 33.3. The van der Waals surface area contributed by atoms with Crippen LogP contribution >= 0.6 is 0 Å². The van der Waals surface area contributed by atoms with Crippen LogP contribution in [0.25, 0.3) is 27.5 Å². The van der Waals surface area contributed by atoms with E-state index < -0.39 is 6.04 Å². The lowest BCUT2D eigenvalue weighted by Crippen LogP contribution is -2.59. The Labute approximate surface area is 285 Å². The Morgan fingerprint density at radius 3 is 1.92 bits per heavy atom. The highest BCUT2D eigenvalue weighted by molar-refractivity contribution is 5.96. The lowest BCUT2D eigenvalue weighted by atomic mass is 9.90. The lowest BCUT2D eigenvalue weighted by Gasteiger charge is -2.48. The highest BCUT2D eigenvalue weighted by Gasteiger charge is 2.40. The highest BCUT2D eigenvalue weighted by Crippen LogP contribution is 2.36. The molecule has 8 rings (SSSR count). The third kappa shape index (κ3) is 5.86. The maximum Gasteiger partial charge on any atom is 0.254 e. The second-order valence-corrected chi connectivity index (χ2v) is 13.1. The van der Waals surface area contributed by atoms with E-state index in [-0.39, 0.29) is 23.9 Å². The van der Waals surface area contributed by atoms with Crippen molar-refractivity contribution in [2.75, 3.05) is 29.4 Å². The van der Waals surface area contributed by atoms with Crippen LogP contribution < -0.4 is 15.5 Å². The van der Waals surface area contributed by atoms with Crippen LogP contribution in [0, 0.1) is 0 Å². The predicted molar refractivity (Wildman–Crippen MR) is 194 cm³/mol. The van der Waals surface area contributed by atoms with Crippen LogP contribution in [-0.4, -0.2) is 69.0 Å². The largest absolute Gasteiger partial charge is 0.371 e. The Bertz CT molecular complexity index is 2090.